The molecule has 5 nitrogen and oxygen atoms in total. The van der Waals surface area contributed by atoms with Gasteiger partial charge in [0.15, 0.2) is 0 Å². The van der Waals surface area contributed by atoms with E-state index in [0.29, 0.717) is 18.4 Å². The summed E-state index contributed by atoms with van der Waals surface area (Å²) in [6, 6.07) is 6.91. The highest BCUT2D eigenvalue weighted by molar-refractivity contribution is 5.95. The molecule has 80 valence electrons. The fourth-order valence-electron chi connectivity index (χ4n) is 1.55. The van der Waals surface area contributed by atoms with Gasteiger partial charge < -0.3 is 5.11 Å². The van der Waals surface area contributed by atoms with Crippen LogP contribution >= 0.6 is 0 Å². The maximum atomic E-state index is 10.9. The van der Waals surface area contributed by atoms with E-state index in [-0.39, 0.29) is 5.56 Å². The molecule has 1 N–H and O–H groups in total. The minimum absolute atomic E-state index is 0.221. The molecule has 0 spiro atoms. The lowest BCUT2D eigenvalue weighted by molar-refractivity contribution is 0.0698. The molecule has 2 heterocycles. The predicted molar refractivity (Wildman–Crippen MR) is 56.1 cm³/mol. The summed E-state index contributed by atoms with van der Waals surface area (Å²) in [5, 5.41) is 21.6. The van der Waals surface area contributed by atoms with E-state index in [4.69, 9.17) is 10.4 Å². The summed E-state index contributed by atoms with van der Waals surface area (Å²) in [6.45, 7) is 0. The second-order valence-corrected chi connectivity index (χ2v) is 3.35. The van der Waals surface area contributed by atoms with Gasteiger partial charge in [0.25, 0.3) is 0 Å². The second kappa shape index (κ2) is 4.03. The summed E-state index contributed by atoms with van der Waals surface area (Å²) in [7, 11) is 0. The number of fused-ring (bicyclic) bond motifs is 1. The van der Waals surface area contributed by atoms with Crippen molar-refractivity contribution in [3.63, 3.8) is 0 Å². The number of hydrogen-bond acceptors (Lipinski definition) is 3. The Morgan fingerprint density at radius 1 is 1.62 bits per heavy atom. The van der Waals surface area contributed by atoms with Crippen molar-refractivity contribution < 1.29 is 9.90 Å². The van der Waals surface area contributed by atoms with Crippen molar-refractivity contribution in [1.82, 2.24) is 9.61 Å². The quantitative estimate of drug-likeness (QED) is 0.841. The van der Waals surface area contributed by atoms with Crippen LogP contribution in [0.1, 0.15) is 22.5 Å². The highest BCUT2D eigenvalue weighted by Crippen LogP contribution is 2.13. The average Bonchev–Trinajstić information content (AvgIpc) is 2.68. The number of aromatic carboxylic acids is 1. The molecule has 2 aromatic heterocycles. The highest BCUT2D eigenvalue weighted by atomic mass is 16.4. The van der Waals surface area contributed by atoms with Crippen molar-refractivity contribution in [3.05, 3.63) is 35.7 Å². The zero-order valence-corrected chi connectivity index (χ0v) is 8.42. The van der Waals surface area contributed by atoms with Crippen LogP contribution in [-0.4, -0.2) is 20.7 Å². The van der Waals surface area contributed by atoms with Gasteiger partial charge in [0.2, 0.25) is 0 Å². The van der Waals surface area contributed by atoms with Crippen LogP contribution in [0.2, 0.25) is 0 Å². The molecule has 0 bridgehead atoms. The maximum Gasteiger partial charge on any atom is 0.337 e. The number of aryl methyl sites for hydroxylation is 1. The van der Waals surface area contributed by atoms with Crippen molar-refractivity contribution in [2.45, 2.75) is 12.8 Å². The molecule has 0 radical (unpaired) electrons. The summed E-state index contributed by atoms with van der Waals surface area (Å²) in [5.41, 5.74) is 1.51. The molecule has 2 rings (SSSR count). The molecule has 0 aromatic carbocycles. The van der Waals surface area contributed by atoms with E-state index >= 15 is 0 Å². The first kappa shape index (κ1) is 10.2. The SMILES string of the molecule is N#CCCc1cc2c(C(=O)O)cccn2n1. The van der Waals surface area contributed by atoms with Crippen LogP contribution < -0.4 is 0 Å². The maximum absolute atomic E-state index is 10.9. The Kier molecular flexibility index (Phi) is 2.56. The first-order valence-corrected chi connectivity index (χ1v) is 4.80. The van der Waals surface area contributed by atoms with Gasteiger partial charge in [0.05, 0.1) is 22.8 Å². The summed E-state index contributed by atoms with van der Waals surface area (Å²) in [6.07, 6.45) is 2.61. The van der Waals surface area contributed by atoms with Gasteiger partial charge in [-0.1, -0.05) is 0 Å². The number of carbonyl (C=O) groups is 1. The molecule has 0 fully saturated rings. The first-order chi connectivity index (χ1) is 7.72. The van der Waals surface area contributed by atoms with Crippen molar-refractivity contribution in [3.8, 4) is 6.07 Å². The molecular formula is C11H9N3O2. The van der Waals surface area contributed by atoms with Crippen molar-refractivity contribution in [2.24, 2.45) is 0 Å². The number of carboxylic acid groups (broad SMARTS) is 1. The monoisotopic (exact) mass is 215 g/mol. The Balaban J connectivity index is 2.49. The normalized spacial score (nSPS) is 10.2. The number of hydrogen-bond donors (Lipinski definition) is 1. The number of nitrogens with zero attached hydrogens (tertiary/aromatic N) is 3. The van der Waals surface area contributed by atoms with E-state index in [1.807, 2.05) is 6.07 Å². The van der Waals surface area contributed by atoms with Gasteiger partial charge in [0.1, 0.15) is 0 Å². The molecular weight excluding hydrogens is 206 g/mol. The third kappa shape index (κ3) is 1.73. The highest BCUT2D eigenvalue weighted by Gasteiger charge is 2.10. The van der Waals surface area contributed by atoms with Gasteiger partial charge in [-0.05, 0) is 18.2 Å². The smallest absolute Gasteiger partial charge is 0.337 e. The minimum atomic E-state index is -0.975. The zero-order valence-electron chi connectivity index (χ0n) is 8.42. The van der Waals surface area contributed by atoms with Gasteiger partial charge in [-0.3, -0.25) is 0 Å². The van der Waals surface area contributed by atoms with Crippen molar-refractivity contribution in [1.29, 1.82) is 5.26 Å². The van der Waals surface area contributed by atoms with Crippen LogP contribution in [0.4, 0.5) is 0 Å². The number of rotatable bonds is 3. The number of aromatic nitrogens is 2. The fraction of sp³-hybridized carbons (Fsp3) is 0.182. The Hall–Kier alpha value is -2.35. The molecule has 0 saturated heterocycles. The lowest BCUT2D eigenvalue weighted by Crippen LogP contribution is -1.99. The standard InChI is InChI=1S/C11H9N3O2/c12-5-1-3-8-7-10-9(11(15)16)4-2-6-14(10)13-8/h2,4,6-7H,1,3H2,(H,15,16). The molecule has 0 aliphatic carbocycles. The average molecular weight is 215 g/mol. The zero-order chi connectivity index (χ0) is 11.5. The van der Waals surface area contributed by atoms with Crippen LogP contribution in [0.25, 0.3) is 5.52 Å². The Labute approximate surface area is 91.5 Å². The third-order valence-electron chi connectivity index (χ3n) is 2.28. The van der Waals surface area contributed by atoms with Crippen LogP contribution in [0.3, 0.4) is 0 Å². The molecule has 0 amide bonds. The van der Waals surface area contributed by atoms with Crippen LogP contribution in [0.15, 0.2) is 24.4 Å². The lowest BCUT2D eigenvalue weighted by atomic mass is 10.2. The van der Waals surface area contributed by atoms with Crippen molar-refractivity contribution >= 4 is 11.5 Å². The van der Waals surface area contributed by atoms with E-state index in [9.17, 15) is 4.79 Å². The van der Waals surface area contributed by atoms with Crippen molar-refractivity contribution in [2.75, 3.05) is 0 Å². The molecule has 5 heteroatoms. The van der Waals surface area contributed by atoms with Gasteiger partial charge >= 0.3 is 5.97 Å². The summed E-state index contributed by atoms with van der Waals surface area (Å²) < 4.78 is 1.52. The molecule has 0 unspecified atom stereocenters. The fourth-order valence-corrected chi connectivity index (χ4v) is 1.55. The largest absolute Gasteiger partial charge is 0.478 e. The topological polar surface area (TPSA) is 78.4 Å². The van der Waals surface area contributed by atoms with E-state index < -0.39 is 5.97 Å². The molecule has 0 aliphatic heterocycles. The van der Waals surface area contributed by atoms with E-state index in [2.05, 4.69) is 5.10 Å². The first-order valence-electron chi connectivity index (χ1n) is 4.80. The Morgan fingerprint density at radius 3 is 3.12 bits per heavy atom. The molecule has 16 heavy (non-hydrogen) atoms. The number of pyridine rings is 1. The van der Waals surface area contributed by atoms with Gasteiger partial charge in [-0.2, -0.15) is 10.4 Å². The molecule has 0 saturated carbocycles. The van der Waals surface area contributed by atoms with Gasteiger partial charge in [0, 0.05) is 19.0 Å². The Morgan fingerprint density at radius 2 is 2.44 bits per heavy atom. The summed E-state index contributed by atoms with van der Waals surface area (Å²) in [5.74, 6) is -0.975. The number of carboxylic acids is 1. The van der Waals surface area contributed by atoms with E-state index in [0.717, 1.165) is 5.69 Å². The molecule has 2 aromatic rings. The van der Waals surface area contributed by atoms with Gasteiger partial charge in [-0.15, -0.1) is 0 Å². The molecule has 0 aliphatic rings. The Bertz CT molecular complexity index is 580. The van der Waals surface area contributed by atoms with Crippen LogP contribution in [0.5, 0.6) is 0 Å². The lowest BCUT2D eigenvalue weighted by Gasteiger charge is -1.96. The van der Waals surface area contributed by atoms with E-state index in [1.165, 1.54) is 10.6 Å². The second-order valence-electron chi connectivity index (χ2n) is 3.35. The predicted octanol–water partition coefficient (Wildman–Crippen LogP) is 1.49. The minimum Gasteiger partial charge on any atom is -0.478 e. The molecule has 0 atom stereocenters. The summed E-state index contributed by atoms with van der Waals surface area (Å²) >= 11 is 0. The number of nitriles is 1. The van der Waals surface area contributed by atoms with Crippen LogP contribution in [0, 0.1) is 11.3 Å². The van der Waals surface area contributed by atoms with Crippen LogP contribution in [-0.2, 0) is 6.42 Å². The third-order valence-corrected chi connectivity index (χ3v) is 2.28. The van der Waals surface area contributed by atoms with Gasteiger partial charge in [-0.25, -0.2) is 9.31 Å². The summed E-state index contributed by atoms with van der Waals surface area (Å²) in [4.78, 5) is 10.9. The van der Waals surface area contributed by atoms with E-state index in [1.54, 1.807) is 18.3 Å².